The van der Waals surface area contributed by atoms with Gasteiger partial charge in [-0.15, -0.1) is 0 Å². The number of nitriles is 2. The maximum atomic E-state index is 11.7. The van der Waals surface area contributed by atoms with Gasteiger partial charge in [-0.3, -0.25) is 0 Å². The normalized spacial score (nSPS) is 9.05. The second-order valence-corrected chi connectivity index (χ2v) is 5.79. The number of carbonyl (C=O) groups is 1. The van der Waals surface area contributed by atoms with Gasteiger partial charge in [-0.1, -0.05) is 0 Å². The molecule has 0 bridgehead atoms. The number of benzene rings is 1. The number of allylic oxidation sites excluding steroid dienone is 1. The van der Waals surface area contributed by atoms with E-state index >= 15 is 0 Å². The Hall–Kier alpha value is -1.33. The van der Waals surface area contributed by atoms with Gasteiger partial charge in [0, 0.05) is 13.3 Å². The van der Waals surface area contributed by atoms with E-state index in [0.717, 1.165) is 12.8 Å². The van der Waals surface area contributed by atoms with Crippen molar-refractivity contribution in [3.8, 4) is 12.1 Å². The number of anilines is 1. The zero-order valence-electron chi connectivity index (χ0n) is 10.4. The van der Waals surface area contributed by atoms with Crippen LogP contribution >= 0.6 is 45.2 Å². The van der Waals surface area contributed by atoms with Crippen LogP contribution in [0.15, 0.2) is 23.9 Å². The molecule has 0 aliphatic carbocycles. The van der Waals surface area contributed by atoms with Gasteiger partial charge in [-0.05, 0) is 64.2 Å². The highest BCUT2D eigenvalue weighted by Gasteiger charge is 2.12. The van der Waals surface area contributed by atoms with E-state index in [0.29, 0.717) is 12.2 Å². The summed E-state index contributed by atoms with van der Waals surface area (Å²) < 4.78 is 6.54. The molecule has 0 aliphatic rings. The summed E-state index contributed by atoms with van der Waals surface area (Å²) in [5, 5.41) is 20.3. The molecule has 0 fully saturated rings. The summed E-state index contributed by atoms with van der Waals surface area (Å²) in [6, 6.07) is 6.91. The molecule has 1 N–H and O–H groups in total. The zero-order chi connectivity index (χ0) is 15.1. The van der Waals surface area contributed by atoms with Gasteiger partial charge in [0.25, 0.3) is 0 Å². The molecule has 102 valence electrons. The van der Waals surface area contributed by atoms with Crippen molar-refractivity contribution in [1.29, 1.82) is 10.5 Å². The van der Waals surface area contributed by atoms with Crippen molar-refractivity contribution >= 4 is 56.8 Å². The first kappa shape index (κ1) is 16.7. The number of ether oxygens (including phenoxy) is 1. The molecule has 0 amide bonds. The monoisotopic (exact) mass is 493 g/mol. The zero-order valence-corrected chi connectivity index (χ0v) is 14.7. The summed E-state index contributed by atoms with van der Waals surface area (Å²) in [6.07, 6.45) is 1.34. The Kier molecular flexibility index (Phi) is 6.75. The molecule has 1 rings (SSSR count). The number of nitrogens with one attached hydrogen (secondary N) is 1. The van der Waals surface area contributed by atoms with Crippen LogP contribution in [0.2, 0.25) is 0 Å². The first-order valence-electron chi connectivity index (χ1n) is 5.46. The third kappa shape index (κ3) is 4.35. The SMILES string of the molecule is CCOC(=O)c1cc(I)c(NC=C(C#N)C#N)c(I)c1. The minimum absolute atomic E-state index is 0.0222. The van der Waals surface area contributed by atoms with Gasteiger partial charge >= 0.3 is 5.97 Å². The molecule has 0 heterocycles. The summed E-state index contributed by atoms with van der Waals surface area (Å²) in [5.41, 5.74) is 1.18. The highest BCUT2D eigenvalue weighted by atomic mass is 127. The van der Waals surface area contributed by atoms with Gasteiger partial charge in [-0.2, -0.15) is 10.5 Å². The quantitative estimate of drug-likeness (QED) is 0.395. The lowest BCUT2D eigenvalue weighted by molar-refractivity contribution is 0.0526. The Labute approximate surface area is 143 Å². The molecule has 0 aromatic heterocycles. The van der Waals surface area contributed by atoms with Gasteiger partial charge in [0.2, 0.25) is 0 Å². The van der Waals surface area contributed by atoms with Crippen LogP contribution in [0.1, 0.15) is 17.3 Å². The summed E-state index contributed by atoms with van der Waals surface area (Å²) in [5.74, 6) is -0.375. The number of nitrogens with zero attached hydrogens (tertiary/aromatic N) is 2. The number of carbonyl (C=O) groups excluding carboxylic acids is 1. The second kappa shape index (κ2) is 8.07. The molecule has 0 aliphatic heterocycles. The Morgan fingerprint density at radius 1 is 1.35 bits per heavy atom. The van der Waals surface area contributed by atoms with Crippen LogP contribution in [-0.4, -0.2) is 12.6 Å². The average molecular weight is 493 g/mol. The van der Waals surface area contributed by atoms with Crippen LogP contribution in [0.5, 0.6) is 0 Å². The number of hydrogen-bond donors (Lipinski definition) is 1. The Morgan fingerprint density at radius 2 is 1.90 bits per heavy atom. The molecule has 1 aromatic carbocycles. The summed E-state index contributed by atoms with van der Waals surface area (Å²) in [6.45, 7) is 2.07. The first-order valence-corrected chi connectivity index (χ1v) is 7.62. The van der Waals surface area contributed by atoms with E-state index in [4.69, 9.17) is 15.3 Å². The standard InChI is InChI=1S/C13H9I2N3O2/c1-2-20-13(19)9-3-10(14)12(11(15)4-9)18-7-8(5-16)6-17/h3-4,7,18H,2H2,1H3. The molecular weight excluding hydrogens is 484 g/mol. The maximum Gasteiger partial charge on any atom is 0.338 e. The Morgan fingerprint density at radius 3 is 2.35 bits per heavy atom. The van der Waals surface area contributed by atoms with Crippen molar-refractivity contribution in [3.05, 3.63) is 36.6 Å². The van der Waals surface area contributed by atoms with E-state index in [-0.39, 0.29) is 11.5 Å². The van der Waals surface area contributed by atoms with Gasteiger partial charge in [-0.25, -0.2) is 4.79 Å². The fourth-order valence-corrected chi connectivity index (χ4v) is 3.36. The van der Waals surface area contributed by atoms with Crippen molar-refractivity contribution in [2.24, 2.45) is 0 Å². The van der Waals surface area contributed by atoms with Gasteiger partial charge in [0.1, 0.15) is 17.7 Å². The van der Waals surface area contributed by atoms with Gasteiger partial charge < -0.3 is 10.1 Å². The third-order valence-electron chi connectivity index (χ3n) is 2.15. The maximum absolute atomic E-state index is 11.7. The second-order valence-electron chi connectivity index (χ2n) is 3.46. The molecule has 0 saturated heterocycles. The predicted molar refractivity (Wildman–Crippen MR) is 90.8 cm³/mol. The fraction of sp³-hybridized carbons (Fsp3) is 0.154. The van der Waals surface area contributed by atoms with Crippen molar-refractivity contribution in [2.45, 2.75) is 6.92 Å². The van der Waals surface area contributed by atoms with Crippen LogP contribution in [0.25, 0.3) is 0 Å². The molecule has 20 heavy (non-hydrogen) atoms. The van der Waals surface area contributed by atoms with E-state index in [1.54, 1.807) is 31.2 Å². The van der Waals surface area contributed by atoms with Gasteiger partial charge in [0.05, 0.1) is 17.9 Å². The van der Waals surface area contributed by atoms with Crippen LogP contribution < -0.4 is 5.32 Å². The van der Waals surface area contributed by atoms with E-state index in [1.165, 1.54) is 6.20 Å². The van der Waals surface area contributed by atoms with E-state index in [9.17, 15) is 4.79 Å². The largest absolute Gasteiger partial charge is 0.462 e. The summed E-state index contributed by atoms with van der Waals surface area (Å²) in [7, 11) is 0. The molecule has 1 aromatic rings. The van der Waals surface area contributed by atoms with Gasteiger partial charge in [0.15, 0.2) is 0 Å². The highest BCUT2D eigenvalue weighted by molar-refractivity contribution is 14.1. The number of esters is 1. The highest BCUT2D eigenvalue weighted by Crippen LogP contribution is 2.27. The van der Waals surface area contributed by atoms with E-state index in [2.05, 4.69) is 50.5 Å². The Balaban J connectivity index is 3.08. The lowest BCUT2D eigenvalue weighted by Crippen LogP contribution is -2.07. The molecule has 5 nitrogen and oxygen atoms in total. The van der Waals surface area contributed by atoms with Crippen LogP contribution in [0, 0.1) is 29.8 Å². The van der Waals surface area contributed by atoms with Crippen molar-refractivity contribution in [2.75, 3.05) is 11.9 Å². The predicted octanol–water partition coefficient (Wildman–Crippen LogP) is 3.42. The number of hydrogen-bond acceptors (Lipinski definition) is 5. The molecular formula is C13H9I2N3O2. The summed E-state index contributed by atoms with van der Waals surface area (Å²) >= 11 is 4.15. The Bertz CT molecular complexity index is 603. The topological polar surface area (TPSA) is 85.9 Å². The molecule has 0 radical (unpaired) electrons. The van der Waals surface area contributed by atoms with Crippen molar-refractivity contribution in [3.63, 3.8) is 0 Å². The minimum Gasteiger partial charge on any atom is -0.462 e. The smallest absolute Gasteiger partial charge is 0.338 e. The molecule has 0 spiro atoms. The minimum atomic E-state index is -0.375. The van der Waals surface area contributed by atoms with Crippen LogP contribution in [0.4, 0.5) is 5.69 Å². The van der Waals surface area contributed by atoms with Crippen LogP contribution in [-0.2, 0) is 4.74 Å². The lowest BCUT2D eigenvalue weighted by Gasteiger charge is -2.10. The first-order chi connectivity index (χ1) is 9.53. The molecule has 0 saturated carbocycles. The molecule has 0 unspecified atom stereocenters. The molecule has 0 atom stereocenters. The number of halogens is 2. The van der Waals surface area contributed by atoms with Crippen LogP contribution in [0.3, 0.4) is 0 Å². The molecule has 7 heteroatoms. The van der Waals surface area contributed by atoms with Crippen molar-refractivity contribution < 1.29 is 9.53 Å². The van der Waals surface area contributed by atoms with E-state index < -0.39 is 0 Å². The average Bonchev–Trinajstić information content (AvgIpc) is 2.42. The summed E-state index contributed by atoms with van der Waals surface area (Å²) in [4.78, 5) is 11.7. The number of rotatable bonds is 4. The van der Waals surface area contributed by atoms with Crippen molar-refractivity contribution in [1.82, 2.24) is 0 Å². The third-order valence-corrected chi connectivity index (χ3v) is 3.86. The lowest BCUT2D eigenvalue weighted by atomic mass is 10.2. The fourth-order valence-electron chi connectivity index (χ4n) is 1.28. The van der Waals surface area contributed by atoms with E-state index in [1.807, 2.05) is 0 Å².